The molecule has 1 aliphatic rings. The fraction of sp³-hybridized carbons (Fsp3) is 0.818. The van der Waals surface area contributed by atoms with Gasteiger partial charge in [-0.3, -0.25) is 4.79 Å². The number of amides is 1. The van der Waals surface area contributed by atoms with E-state index >= 15 is 0 Å². The maximum atomic E-state index is 11.7. The minimum Gasteiger partial charge on any atom is -0.480 e. The first-order valence-corrected chi connectivity index (χ1v) is 5.75. The molecule has 6 heteroatoms. The van der Waals surface area contributed by atoms with Gasteiger partial charge in [0.25, 0.3) is 0 Å². The molecule has 2 atom stereocenters. The fourth-order valence-electron chi connectivity index (χ4n) is 2.06. The van der Waals surface area contributed by atoms with E-state index in [1.807, 2.05) is 0 Å². The lowest BCUT2D eigenvalue weighted by Gasteiger charge is -2.35. The van der Waals surface area contributed by atoms with E-state index in [1.54, 1.807) is 7.05 Å². The first kappa shape index (κ1) is 13.9. The summed E-state index contributed by atoms with van der Waals surface area (Å²) >= 11 is 0. The second-order valence-electron chi connectivity index (χ2n) is 4.31. The normalized spacial score (nSPS) is 24.4. The molecule has 0 aliphatic heterocycles. The highest BCUT2D eigenvalue weighted by Crippen LogP contribution is 2.22. The van der Waals surface area contributed by atoms with Gasteiger partial charge in [-0.05, 0) is 12.8 Å². The molecule has 0 radical (unpaired) electrons. The minimum absolute atomic E-state index is 0.176. The molecule has 0 bridgehead atoms. The summed E-state index contributed by atoms with van der Waals surface area (Å²) in [6, 6.07) is -0.176. The zero-order valence-electron chi connectivity index (χ0n) is 9.96. The minimum atomic E-state index is -1.10. The van der Waals surface area contributed by atoms with Crippen LogP contribution in [-0.4, -0.2) is 59.4 Å². The van der Waals surface area contributed by atoms with Crippen LogP contribution >= 0.6 is 0 Å². The number of aliphatic hydroxyl groups is 1. The van der Waals surface area contributed by atoms with Crippen LogP contribution in [0.25, 0.3) is 0 Å². The third-order valence-electron chi connectivity index (χ3n) is 3.04. The van der Waals surface area contributed by atoms with Gasteiger partial charge in [-0.2, -0.15) is 0 Å². The van der Waals surface area contributed by atoms with E-state index in [0.29, 0.717) is 6.42 Å². The molecule has 98 valence electrons. The average molecular weight is 245 g/mol. The van der Waals surface area contributed by atoms with Crippen molar-refractivity contribution in [3.05, 3.63) is 0 Å². The van der Waals surface area contributed by atoms with E-state index in [2.05, 4.69) is 0 Å². The van der Waals surface area contributed by atoms with Gasteiger partial charge in [0.2, 0.25) is 5.91 Å². The summed E-state index contributed by atoms with van der Waals surface area (Å²) in [6.07, 6.45) is 2.97. The van der Waals surface area contributed by atoms with Gasteiger partial charge in [-0.25, -0.2) is 4.79 Å². The molecule has 1 amide bonds. The monoisotopic (exact) mass is 245 g/mol. The average Bonchev–Trinajstić information content (AvgIpc) is 2.28. The van der Waals surface area contributed by atoms with Crippen LogP contribution in [0, 0.1) is 0 Å². The molecule has 1 aliphatic carbocycles. The molecule has 0 aromatic carbocycles. The molecule has 0 saturated heterocycles. The first-order chi connectivity index (χ1) is 8.02. The zero-order chi connectivity index (χ0) is 12.8. The highest BCUT2D eigenvalue weighted by molar-refractivity contribution is 5.78. The van der Waals surface area contributed by atoms with Gasteiger partial charge in [-0.1, -0.05) is 12.8 Å². The topological polar surface area (TPSA) is 87.1 Å². The number of hydrogen-bond donors (Lipinski definition) is 2. The van der Waals surface area contributed by atoms with Crippen LogP contribution in [0.1, 0.15) is 25.7 Å². The lowest BCUT2D eigenvalue weighted by molar-refractivity contribution is -0.147. The number of hydrogen-bond acceptors (Lipinski definition) is 4. The maximum absolute atomic E-state index is 11.7. The Morgan fingerprint density at radius 1 is 1.29 bits per heavy atom. The Hall–Kier alpha value is -1.14. The molecule has 0 aromatic rings. The number of carboxylic acids is 1. The van der Waals surface area contributed by atoms with Crippen LogP contribution in [0.3, 0.4) is 0 Å². The summed E-state index contributed by atoms with van der Waals surface area (Å²) in [5.74, 6) is -1.39. The highest BCUT2D eigenvalue weighted by Gasteiger charge is 2.29. The summed E-state index contributed by atoms with van der Waals surface area (Å²) in [7, 11) is 1.62. The zero-order valence-corrected chi connectivity index (χ0v) is 9.96. The summed E-state index contributed by atoms with van der Waals surface area (Å²) in [6.45, 7) is -0.737. The number of nitrogens with zero attached hydrogens (tertiary/aromatic N) is 1. The van der Waals surface area contributed by atoms with Crippen molar-refractivity contribution in [1.82, 2.24) is 4.90 Å². The molecule has 0 aromatic heterocycles. The Labute approximate surface area is 100 Å². The lowest BCUT2D eigenvalue weighted by Crippen LogP contribution is -2.47. The molecule has 17 heavy (non-hydrogen) atoms. The number of aliphatic carboxylic acids is 1. The Balaban J connectivity index is 2.37. The Bertz CT molecular complexity index is 281. The molecule has 1 rings (SSSR count). The van der Waals surface area contributed by atoms with Crippen molar-refractivity contribution in [1.29, 1.82) is 0 Å². The van der Waals surface area contributed by atoms with Crippen molar-refractivity contribution in [3.63, 3.8) is 0 Å². The smallest absolute Gasteiger partial charge is 0.329 e. The second-order valence-corrected chi connectivity index (χ2v) is 4.31. The Morgan fingerprint density at radius 3 is 2.53 bits per heavy atom. The predicted molar refractivity (Wildman–Crippen MR) is 59.5 cm³/mol. The van der Waals surface area contributed by atoms with Crippen LogP contribution in [0.4, 0.5) is 0 Å². The fourth-order valence-corrected chi connectivity index (χ4v) is 2.06. The standard InChI is InChI=1S/C11H19NO5/c1-12(8-4-2-3-5-9(8)13)10(14)6-17-7-11(15)16/h8-9,13H,2-7H2,1H3,(H,15,16). The van der Waals surface area contributed by atoms with E-state index in [-0.39, 0.29) is 18.6 Å². The maximum Gasteiger partial charge on any atom is 0.329 e. The SMILES string of the molecule is CN(C(=O)COCC(=O)O)C1CCCCC1O. The van der Waals surface area contributed by atoms with Gasteiger partial charge in [-0.15, -0.1) is 0 Å². The van der Waals surface area contributed by atoms with E-state index in [9.17, 15) is 14.7 Å². The van der Waals surface area contributed by atoms with Gasteiger partial charge >= 0.3 is 5.97 Å². The predicted octanol–water partition coefficient (Wildman–Crippen LogP) is -0.151. The number of aliphatic hydroxyl groups excluding tert-OH is 1. The second kappa shape index (κ2) is 6.56. The van der Waals surface area contributed by atoms with Crippen molar-refractivity contribution in [3.8, 4) is 0 Å². The Morgan fingerprint density at radius 2 is 1.94 bits per heavy atom. The lowest BCUT2D eigenvalue weighted by atomic mass is 9.91. The van der Waals surface area contributed by atoms with Gasteiger partial charge < -0.3 is 19.8 Å². The molecular weight excluding hydrogens is 226 g/mol. The molecule has 0 spiro atoms. The number of carboxylic acid groups (broad SMARTS) is 1. The van der Waals surface area contributed by atoms with Crippen molar-refractivity contribution < 1.29 is 24.5 Å². The number of ether oxygens (including phenoxy) is 1. The summed E-state index contributed by atoms with van der Waals surface area (Å²) in [4.78, 5) is 23.3. The quantitative estimate of drug-likeness (QED) is 0.703. The van der Waals surface area contributed by atoms with Crippen molar-refractivity contribution in [2.75, 3.05) is 20.3 Å². The van der Waals surface area contributed by atoms with Gasteiger partial charge in [0, 0.05) is 7.05 Å². The van der Waals surface area contributed by atoms with Gasteiger partial charge in [0.1, 0.15) is 13.2 Å². The summed E-state index contributed by atoms with van der Waals surface area (Å²) in [5.41, 5.74) is 0. The number of rotatable bonds is 5. The molecule has 6 nitrogen and oxygen atoms in total. The van der Waals surface area contributed by atoms with E-state index in [1.165, 1.54) is 4.90 Å². The summed E-state index contributed by atoms with van der Waals surface area (Å²) < 4.78 is 4.73. The highest BCUT2D eigenvalue weighted by atomic mass is 16.5. The summed E-state index contributed by atoms with van der Waals surface area (Å²) in [5, 5.41) is 18.1. The van der Waals surface area contributed by atoms with Crippen molar-refractivity contribution in [2.24, 2.45) is 0 Å². The molecule has 1 fully saturated rings. The van der Waals surface area contributed by atoms with Crippen molar-refractivity contribution >= 4 is 11.9 Å². The van der Waals surface area contributed by atoms with Crippen molar-refractivity contribution in [2.45, 2.75) is 37.8 Å². The van der Waals surface area contributed by atoms with E-state index in [4.69, 9.17) is 9.84 Å². The van der Waals surface area contributed by atoms with E-state index in [0.717, 1.165) is 19.3 Å². The van der Waals surface area contributed by atoms with Crippen LogP contribution in [0.15, 0.2) is 0 Å². The van der Waals surface area contributed by atoms with Crippen LogP contribution in [-0.2, 0) is 14.3 Å². The van der Waals surface area contributed by atoms with Crippen LogP contribution in [0.2, 0.25) is 0 Å². The molecule has 1 saturated carbocycles. The molecule has 2 N–H and O–H groups in total. The molecular formula is C11H19NO5. The van der Waals surface area contributed by atoms with Crippen LogP contribution in [0.5, 0.6) is 0 Å². The number of carbonyl (C=O) groups excluding carboxylic acids is 1. The molecule has 2 unspecified atom stereocenters. The molecule has 0 heterocycles. The van der Waals surface area contributed by atoms with Gasteiger partial charge in [0.15, 0.2) is 0 Å². The number of likely N-dealkylation sites (N-methyl/N-ethyl adjacent to an activating group) is 1. The third-order valence-corrected chi connectivity index (χ3v) is 3.04. The van der Waals surface area contributed by atoms with Gasteiger partial charge in [0.05, 0.1) is 12.1 Å². The first-order valence-electron chi connectivity index (χ1n) is 5.75. The van der Waals surface area contributed by atoms with E-state index < -0.39 is 18.7 Å². The number of carbonyl (C=O) groups is 2. The Kier molecular flexibility index (Phi) is 5.37. The largest absolute Gasteiger partial charge is 0.480 e. The third kappa shape index (κ3) is 4.32. The van der Waals surface area contributed by atoms with Crippen LogP contribution < -0.4 is 0 Å².